The number of benzene rings is 1. The molecule has 1 aromatic rings. The van der Waals surface area contributed by atoms with Crippen molar-refractivity contribution in [1.82, 2.24) is 0 Å². The fourth-order valence-electron chi connectivity index (χ4n) is 0.936. The van der Waals surface area contributed by atoms with Gasteiger partial charge in [-0.05, 0) is 24.1 Å². The molecule has 0 unspecified atom stereocenters. The van der Waals surface area contributed by atoms with Crippen molar-refractivity contribution >= 4 is 15.9 Å². The van der Waals surface area contributed by atoms with Crippen molar-refractivity contribution in [2.24, 2.45) is 0 Å². The molecule has 0 aliphatic carbocycles. The maximum Gasteiger partial charge on any atom is 0.119 e. The maximum atomic E-state index is 8.80. The van der Waals surface area contributed by atoms with E-state index in [-0.39, 0.29) is 6.61 Å². The van der Waals surface area contributed by atoms with Crippen LogP contribution < -0.4 is 4.74 Å². The van der Waals surface area contributed by atoms with Crippen LogP contribution in [0.15, 0.2) is 24.3 Å². The quantitative estimate of drug-likeness (QED) is 0.637. The molecule has 0 saturated heterocycles. The van der Waals surface area contributed by atoms with Crippen molar-refractivity contribution in [3.63, 3.8) is 0 Å². The first-order chi connectivity index (χ1) is 6.36. The summed E-state index contributed by atoms with van der Waals surface area (Å²) < 4.78 is 5.43. The SMILES string of the molecule is OCc1ccc(OCCCBr)cc1. The second-order valence-electron chi connectivity index (χ2n) is 2.69. The standard InChI is InChI=1S/C10H13BrO2/c11-6-1-7-13-10-4-2-9(8-12)3-5-10/h2-5,12H,1,6-8H2. The topological polar surface area (TPSA) is 29.5 Å². The van der Waals surface area contributed by atoms with Crippen molar-refractivity contribution < 1.29 is 9.84 Å². The van der Waals surface area contributed by atoms with Crippen LogP contribution in [-0.4, -0.2) is 17.0 Å². The first kappa shape index (κ1) is 10.5. The minimum atomic E-state index is 0.0850. The Morgan fingerprint density at radius 2 is 1.92 bits per heavy atom. The summed E-state index contributed by atoms with van der Waals surface area (Å²) in [6, 6.07) is 7.48. The largest absolute Gasteiger partial charge is 0.494 e. The Morgan fingerprint density at radius 1 is 1.23 bits per heavy atom. The molecule has 0 fully saturated rings. The molecular weight excluding hydrogens is 232 g/mol. The van der Waals surface area contributed by atoms with Crippen molar-refractivity contribution in [3.8, 4) is 5.75 Å². The zero-order valence-electron chi connectivity index (χ0n) is 7.37. The molecular formula is C10H13BrO2. The van der Waals surface area contributed by atoms with Gasteiger partial charge in [-0.15, -0.1) is 0 Å². The van der Waals surface area contributed by atoms with Crippen molar-refractivity contribution in [2.75, 3.05) is 11.9 Å². The van der Waals surface area contributed by atoms with Gasteiger partial charge in [0.15, 0.2) is 0 Å². The summed E-state index contributed by atoms with van der Waals surface area (Å²) in [7, 11) is 0. The van der Waals surface area contributed by atoms with Gasteiger partial charge in [-0.1, -0.05) is 28.1 Å². The Morgan fingerprint density at radius 3 is 2.46 bits per heavy atom. The highest BCUT2D eigenvalue weighted by Crippen LogP contribution is 2.12. The second kappa shape index (κ2) is 6.00. The molecule has 0 radical (unpaired) electrons. The predicted molar refractivity (Wildman–Crippen MR) is 56.3 cm³/mol. The monoisotopic (exact) mass is 244 g/mol. The number of rotatable bonds is 5. The minimum absolute atomic E-state index is 0.0850. The van der Waals surface area contributed by atoms with E-state index in [2.05, 4.69) is 15.9 Å². The molecule has 0 spiro atoms. The molecule has 72 valence electrons. The third-order valence-corrected chi connectivity index (χ3v) is 2.21. The van der Waals surface area contributed by atoms with Gasteiger partial charge in [0, 0.05) is 5.33 Å². The lowest BCUT2D eigenvalue weighted by Crippen LogP contribution is -1.97. The molecule has 1 N–H and O–H groups in total. The zero-order chi connectivity index (χ0) is 9.52. The summed E-state index contributed by atoms with van der Waals surface area (Å²) in [5.41, 5.74) is 0.910. The molecule has 0 saturated carbocycles. The Bertz CT molecular complexity index is 233. The van der Waals surface area contributed by atoms with E-state index >= 15 is 0 Å². The number of alkyl halides is 1. The molecule has 13 heavy (non-hydrogen) atoms. The smallest absolute Gasteiger partial charge is 0.119 e. The van der Waals surface area contributed by atoms with E-state index in [4.69, 9.17) is 9.84 Å². The van der Waals surface area contributed by atoms with Crippen LogP contribution in [0.3, 0.4) is 0 Å². The summed E-state index contributed by atoms with van der Waals surface area (Å²) in [4.78, 5) is 0. The summed E-state index contributed by atoms with van der Waals surface area (Å²) in [6.45, 7) is 0.811. The van der Waals surface area contributed by atoms with Gasteiger partial charge >= 0.3 is 0 Å². The van der Waals surface area contributed by atoms with Crippen molar-refractivity contribution in [2.45, 2.75) is 13.0 Å². The highest BCUT2D eigenvalue weighted by atomic mass is 79.9. The lowest BCUT2D eigenvalue weighted by molar-refractivity contribution is 0.281. The Hall–Kier alpha value is -0.540. The highest BCUT2D eigenvalue weighted by Gasteiger charge is 1.93. The van der Waals surface area contributed by atoms with Crippen LogP contribution in [0.1, 0.15) is 12.0 Å². The number of aliphatic hydroxyl groups is 1. The molecule has 0 aliphatic rings. The van der Waals surface area contributed by atoms with E-state index < -0.39 is 0 Å². The molecule has 3 heteroatoms. The summed E-state index contributed by atoms with van der Waals surface area (Å²) in [6.07, 6.45) is 1.00. The van der Waals surface area contributed by atoms with E-state index in [1.807, 2.05) is 24.3 Å². The normalized spacial score (nSPS) is 10.0. The summed E-state index contributed by atoms with van der Waals surface area (Å²) in [5.74, 6) is 0.859. The first-order valence-corrected chi connectivity index (χ1v) is 5.37. The number of aliphatic hydroxyl groups excluding tert-OH is 1. The van der Waals surface area contributed by atoms with Gasteiger partial charge in [-0.2, -0.15) is 0 Å². The van der Waals surface area contributed by atoms with Gasteiger partial charge in [0.2, 0.25) is 0 Å². The van der Waals surface area contributed by atoms with Gasteiger partial charge in [0.25, 0.3) is 0 Å². The van der Waals surface area contributed by atoms with Gasteiger partial charge in [0.05, 0.1) is 13.2 Å². The average molecular weight is 245 g/mol. The van der Waals surface area contributed by atoms with Crippen molar-refractivity contribution in [3.05, 3.63) is 29.8 Å². The van der Waals surface area contributed by atoms with Crippen LogP contribution in [-0.2, 0) is 6.61 Å². The molecule has 1 aromatic carbocycles. The number of halogens is 1. The lowest BCUT2D eigenvalue weighted by Gasteiger charge is -2.04. The first-order valence-electron chi connectivity index (χ1n) is 4.25. The third kappa shape index (κ3) is 3.79. The average Bonchev–Trinajstić information content (AvgIpc) is 2.19. The lowest BCUT2D eigenvalue weighted by atomic mass is 10.2. The third-order valence-electron chi connectivity index (χ3n) is 1.65. The van der Waals surface area contributed by atoms with Crippen LogP contribution >= 0.6 is 15.9 Å². The number of hydrogen-bond donors (Lipinski definition) is 1. The van der Waals surface area contributed by atoms with E-state index in [1.165, 1.54) is 0 Å². The summed E-state index contributed by atoms with van der Waals surface area (Å²) in [5, 5.41) is 9.76. The Labute approximate surface area is 86.7 Å². The molecule has 0 amide bonds. The van der Waals surface area contributed by atoms with Crippen LogP contribution in [0.5, 0.6) is 5.75 Å². The highest BCUT2D eigenvalue weighted by molar-refractivity contribution is 9.09. The molecule has 0 aliphatic heterocycles. The molecule has 0 heterocycles. The number of ether oxygens (including phenoxy) is 1. The minimum Gasteiger partial charge on any atom is -0.494 e. The fraction of sp³-hybridized carbons (Fsp3) is 0.400. The van der Waals surface area contributed by atoms with Crippen LogP contribution in [0.2, 0.25) is 0 Å². The van der Waals surface area contributed by atoms with Gasteiger partial charge in [-0.3, -0.25) is 0 Å². The molecule has 0 aromatic heterocycles. The predicted octanol–water partition coefficient (Wildman–Crippen LogP) is 2.34. The molecule has 0 bridgehead atoms. The Balaban J connectivity index is 2.40. The number of hydrogen-bond acceptors (Lipinski definition) is 2. The molecule has 2 nitrogen and oxygen atoms in total. The maximum absolute atomic E-state index is 8.80. The van der Waals surface area contributed by atoms with Crippen LogP contribution in [0, 0.1) is 0 Å². The van der Waals surface area contributed by atoms with Gasteiger partial charge in [-0.25, -0.2) is 0 Å². The van der Waals surface area contributed by atoms with Crippen LogP contribution in [0.4, 0.5) is 0 Å². The zero-order valence-corrected chi connectivity index (χ0v) is 8.96. The van der Waals surface area contributed by atoms with Crippen molar-refractivity contribution in [1.29, 1.82) is 0 Å². The molecule has 0 atom stereocenters. The Kier molecular flexibility index (Phi) is 4.86. The summed E-state index contributed by atoms with van der Waals surface area (Å²) >= 11 is 3.33. The van der Waals surface area contributed by atoms with Crippen LogP contribution in [0.25, 0.3) is 0 Å². The van der Waals surface area contributed by atoms with Gasteiger partial charge in [0.1, 0.15) is 5.75 Å². The molecule has 1 rings (SSSR count). The van der Waals surface area contributed by atoms with E-state index in [1.54, 1.807) is 0 Å². The van der Waals surface area contributed by atoms with E-state index in [9.17, 15) is 0 Å². The van der Waals surface area contributed by atoms with E-state index in [0.717, 1.165) is 29.7 Å². The fourth-order valence-corrected chi connectivity index (χ4v) is 1.16. The van der Waals surface area contributed by atoms with Gasteiger partial charge < -0.3 is 9.84 Å². The van der Waals surface area contributed by atoms with E-state index in [0.29, 0.717) is 0 Å². The second-order valence-corrected chi connectivity index (χ2v) is 3.49.